The molecule has 1 atom stereocenters. The van der Waals surface area contributed by atoms with Gasteiger partial charge in [0, 0.05) is 41.9 Å². The van der Waals surface area contributed by atoms with Crippen LogP contribution in [0.2, 0.25) is 0 Å². The molecule has 3 aromatic rings. The quantitative estimate of drug-likeness (QED) is 0.395. The molecule has 2 amide bonds. The molecular formula is C27H33N5O5S. The van der Waals surface area contributed by atoms with Crippen LogP contribution in [-0.4, -0.2) is 72.1 Å². The van der Waals surface area contributed by atoms with E-state index < -0.39 is 0 Å². The summed E-state index contributed by atoms with van der Waals surface area (Å²) in [4.78, 5) is 32.1. The number of rotatable bonds is 10. The predicted octanol–water partition coefficient (Wildman–Crippen LogP) is 4.13. The zero-order valence-corrected chi connectivity index (χ0v) is 22.8. The zero-order valence-electron chi connectivity index (χ0n) is 22.0. The number of carbonyl (C=O) groups is 2. The van der Waals surface area contributed by atoms with Gasteiger partial charge in [-0.05, 0) is 83.2 Å². The van der Waals surface area contributed by atoms with Crippen molar-refractivity contribution < 1.29 is 23.8 Å². The zero-order chi connectivity index (χ0) is 27.1. The summed E-state index contributed by atoms with van der Waals surface area (Å²) in [5, 5.41) is 6.28. The van der Waals surface area contributed by atoms with Gasteiger partial charge in [-0.1, -0.05) is 0 Å². The van der Waals surface area contributed by atoms with Gasteiger partial charge >= 0.3 is 0 Å². The molecule has 0 spiro atoms. The summed E-state index contributed by atoms with van der Waals surface area (Å²) in [6.45, 7) is 5.97. The van der Waals surface area contributed by atoms with Crippen LogP contribution < -0.4 is 20.1 Å². The molecule has 0 aliphatic carbocycles. The van der Waals surface area contributed by atoms with Gasteiger partial charge in [-0.25, -0.2) is 4.98 Å². The Morgan fingerprint density at radius 3 is 2.42 bits per heavy atom. The number of hydrogen-bond acceptors (Lipinski definition) is 9. The highest BCUT2D eigenvalue weighted by Crippen LogP contribution is 2.29. The summed E-state index contributed by atoms with van der Waals surface area (Å²) in [6, 6.07) is 12.1. The normalized spacial score (nSPS) is 15.1. The van der Waals surface area contributed by atoms with E-state index in [-0.39, 0.29) is 24.0 Å². The molecule has 10 nitrogen and oxygen atoms in total. The van der Waals surface area contributed by atoms with E-state index in [0.29, 0.717) is 45.9 Å². The third-order valence-corrected chi connectivity index (χ3v) is 6.76. The first-order chi connectivity index (χ1) is 18.3. The molecule has 11 heteroatoms. The van der Waals surface area contributed by atoms with Crippen LogP contribution in [0, 0.1) is 6.92 Å². The molecule has 202 valence electrons. The van der Waals surface area contributed by atoms with Crippen molar-refractivity contribution in [3.05, 3.63) is 59.4 Å². The number of likely N-dealkylation sites (tertiary alicyclic amines) is 1. The predicted molar refractivity (Wildman–Crippen MR) is 146 cm³/mol. The second kappa shape index (κ2) is 12.8. The summed E-state index contributed by atoms with van der Waals surface area (Å²) < 4.78 is 21.2. The number of ether oxygens (including phenoxy) is 3. The number of nitrogens with zero attached hydrogens (tertiary/aromatic N) is 3. The second-order valence-electron chi connectivity index (χ2n) is 9.36. The first-order valence-corrected chi connectivity index (χ1v) is 13.3. The number of aryl methyl sites for hydroxylation is 1. The van der Waals surface area contributed by atoms with Crippen molar-refractivity contribution in [2.75, 3.05) is 39.2 Å². The van der Waals surface area contributed by atoms with Gasteiger partial charge in [0.15, 0.2) is 0 Å². The Labute approximate surface area is 226 Å². The Kier molecular flexibility index (Phi) is 9.27. The fourth-order valence-corrected chi connectivity index (χ4v) is 4.65. The van der Waals surface area contributed by atoms with Gasteiger partial charge in [0.05, 0.1) is 6.61 Å². The van der Waals surface area contributed by atoms with Gasteiger partial charge < -0.3 is 24.4 Å². The molecule has 1 saturated heterocycles. The fraction of sp³-hybridized carbons (Fsp3) is 0.407. The van der Waals surface area contributed by atoms with Gasteiger partial charge in [-0.15, -0.1) is 0 Å². The molecule has 2 aromatic carbocycles. The molecule has 1 aromatic heterocycles. The van der Waals surface area contributed by atoms with Gasteiger partial charge in [-0.2, -0.15) is 4.37 Å². The number of methoxy groups -OCH3 is 1. The molecule has 4 rings (SSSR count). The average Bonchev–Trinajstić information content (AvgIpc) is 3.30. The molecule has 38 heavy (non-hydrogen) atoms. The van der Waals surface area contributed by atoms with Crippen molar-refractivity contribution in [1.82, 2.24) is 19.6 Å². The highest BCUT2D eigenvalue weighted by Gasteiger charge is 2.19. The van der Waals surface area contributed by atoms with Crippen molar-refractivity contribution >= 4 is 28.5 Å². The number of carbonyl (C=O) groups excluding carboxylic acids is 2. The Morgan fingerprint density at radius 2 is 1.76 bits per heavy atom. The van der Waals surface area contributed by atoms with Crippen LogP contribution in [-0.2, 0) is 4.74 Å². The van der Waals surface area contributed by atoms with E-state index in [1.165, 1.54) is 0 Å². The van der Waals surface area contributed by atoms with Crippen LogP contribution in [0.25, 0.3) is 0 Å². The smallest absolute Gasteiger partial charge is 0.257 e. The minimum atomic E-state index is -0.364. The molecule has 1 fully saturated rings. The van der Waals surface area contributed by atoms with Crippen molar-refractivity contribution in [2.24, 2.45) is 0 Å². The monoisotopic (exact) mass is 539 g/mol. The van der Waals surface area contributed by atoms with Gasteiger partial charge in [0.25, 0.3) is 11.8 Å². The number of nitrogens with one attached hydrogen (secondary N) is 2. The van der Waals surface area contributed by atoms with E-state index in [1.54, 1.807) is 56.5 Å². The third-order valence-electron chi connectivity index (χ3n) is 6.03. The maximum Gasteiger partial charge on any atom is 0.257 e. The first kappa shape index (κ1) is 27.5. The lowest BCUT2D eigenvalue weighted by molar-refractivity contribution is 0.0915. The lowest BCUT2D eigenvalue weighted by Crippen LogP contribution is -2.43. The average molecular weight is 540 g/mol. The number of benzene rings is 2. The molecule has 2 heterocycles. The van der Waals surface area contributed by atoms with E-state index in [4.69, 9.17) is 14.2 Å². The molecular weight excluding hydrogens is 506 g/mol. The van der Waals surface area contributed by atoms with Crippen LogP contribution >= 0.6 is 11.5 Å². The van der Waals surface area contributed by atoms with Crippen molar-refractivity contribution in [1.29, 1.82) is 0 Å². The Morgan fingerprint density at radius 1 is 1.05 bits per heavy atom. The van der Waals surface area contributed by atoms with Crippen LogP contribution in [0.15, 0.2) is 42.5 Å². The standard InChI is InChI=1S/C27H33N5O5S/c1-17(16-35-4)36-23-13-20(26(34)30-27-28-18(2)31-38-27)14-24(15-23)37-22-7-5-19(6-8-22)25(33)29-21-9-11-32(3)12-10-21/h5-8,13-15,17,21H,9-12,16H2,1-4H3,(H,29,33)(H,28,30,31,34). The van der Waals surface area contributed by atoms with Crippen LogP contribution in [0.5, 0.6) is 17.2 Å². The largest absolute Gasteiger partial charge is 0.488 e. The Hall–Kier alpha value is -3.54. The van der Waals surface area contributed by atoms with E-state index in [2.05, 4.69) is 31.9 Å². The van der Waals surface area contributed by atoms with E-state index in [0.717, 1.165) is 37.5 Å². The van der Waals surface area contributed by atoms with Gasteiger partial charge in [-0.3, -0.25) is 14.9 Å². The number of hydrogen-bond donors (Lipinski definition) is 2. The highest BCUT2D eigenvalue weighted by atomic mass is 32.1. The minimum Gasteiger partial charge on any atom is -0.488 e. The van der Waals surface area contributed by atoms with Crippen LogP contribution in [0.4, 0.5) is 5.13 Å². The number of anilines is 1. The molecule has 0 radical (unpaired) electrons. The fourth-order valence-electron chi connectivity index (χ4n) is 4.08. The molecule has 0 saturated carbocycles. The molecule has 1 unspecified atom stereocenters. The number of aromatic nitrogens is 2. The van der Waals surface area contributed by atoms with E-state index in [1.807, 2.05) is 6.92 Å². The molecule has 1 aliphatic rings. The topological polar surface area (TPSA) is 115 Å². The van der Waals surface area contributed by atoms with Gasteiger partial charge in [0.1, 0.15) is 29.2 Å². The number of amides is 2. The van der Waals surface area contributed by atoms with E-state index >= 15 is 0 Å². The van der Waals surface area contributed by atoms with E-state index in [9.17, 15) is 9.59 Å². The maximum atomic E-state index is 12.9. The summed E-state index contributed by atoms with van der Waals surface area (Å²) >= 11 is 1.11. The van der Waals surface area contributed by atoms with Crippen molar-refractivity contribution in [3.63, 3.8) is 0 Å². The first-order valence-electron chi connectivity index (χ1n) is 12.5. The summed E-state index contributed by atoms with van der Waals surface area (Å²) in [6.07, 6.45) is 1.65. The second-order valence-corrected chi connectivity index (χ2v) is 10.1. The maximum absolute atomic E-state index is 12.9. The molecule has 2 N–H and O–H groups in total. The van der Waals surface area contributed by atoms with Gasteiger partial charge in [0.2, 0.25) is 5.13 Å². The molecule has 0 bridgehead atoms. The third kappa shape index (κ3) is 7.73. The SMILES string of the molecule is COCC(C)Oc1cc(Oc2ccc(C(=O)NC3CCN(C)CC3)cc2)cc(C(=O)Nc2nc(C)ns2)c1. The number of piperidine rings is 1. The summed E-state index contributed by atoms with van der Waals surface area (Å²) in [5.41, 5.74) is 0.901. The Balaban J connectivity index is 1.47. The van der Waals surface area contributed by atoms with Crippen molar-refractivity contribution in [3.8, 4) is 17.2 Å². The summed E-state index contributed by atoms with van der Waals surface area (Å²) in [5.74, 6) is 1.52. The lowest BCUT2D eigenvalue weighted by Gasteiger charge is -2.29. The highest BCUT2D eigenvalue weighted by molar-refractivity contribution is 7.09. The summed E-state index contributed by atoms with van der Waals surface area (Å²) in [7, 11) is 3.69. The van der Waals surface area contributed by atoms with Crippen molar-refractivity contribution in [2.45, 2.75) is 38.8 Å². The Bertz CT molecular complexity index is 1240. The van der Waals surface area contributed by atoms with Crippen LogP contribution in [0.1, 0.15) is 46.3 Å². The van der Waals surface area contributed by atoms with Crippen LogP contribution in [0.3, 0.4) is 0 Å². The minimum absolute atomic E-state index is 0.0977. The lowest BCUT2D eigenvalue weighted by atomic mass is 10.0. The molecule has 1 aliphatic heterocycles.